The highest BCUT2D eigenvalue weighted by molar-refractivity contribution is 6.31. The van der Waals surface area contributed by atoms with E-state index in [1.54, 1.807) is 18.2 Å². The van der Waals surface area contributed by atoms with Crippen molar-refractivity contribution in [3.8, 4) is 5.75 Å². The summed E-state index contributed by atoms with van der Waals surface area (Å²) < 4.78 is 5.49. The number of piperazine rings is 1. The minimum atomic E-state index is -0.274. The Hall–Kier alpha value is -2.61. The van der Waals surface area contributed by atoms with E-state index in [0.717, 1.165) is 44.0 Å². The Kier molecular flexibility index (Phi) is 8.90. The molecule has 0 bridgehead atoms. The molecule has 2 aromatic rings. The SMILES string of the molecule is CCOc1ccc(CN2CCN(CC(=O)NCC(=O)Nc3cccc(Cl)c3C)CC2)cc1. The second-order valence-corrected chi connectivity index (χ2v) is 8.27. The van der Waals surface area contributed by atoms with Crippen LogP contribution in [0.25, 0.3) is 0 Å². The fourth-order valence-electron chi connectivity index (χ4n) is 3.60. The highest BCUT2D eigenvalue weighted by Crippen LogP contribution is 2.22. The Balaban J connectivity index is 1.35. The number of benzene rings is 2. The summed E-state index contributed by atoms with van der Waals surface area (Å²) >= 11 is 6.07. The Morgan fingerprint density at radius 3 is 2.38 bits per heavy atom. The second kappa shape index (κ2) is 11.9. The minimum absolute atomic E-state index is 0.0670. The molecule has 32 heavy (non-hydrogen) atoms. The summed E-state index contributed by atoms with van der Waals surface area (Å²) in [4.78, 5) is 28.9. The van der Waals surface area contributed by atoms with Crippen LogP contribution >= 0.6 is 11.6 Å². The van der Waals surface area contributed by atoms with Gasteiger partial charge in [-0.2, -0.15) is 0 Å². The molecule has 1 heterocycles. The van der Waals surface area contributed by atoms with E-state index in [9.17, 15) is 9.59 Å². The number of carbonyl (C=O) groups is 2. The van der Waals surface area contributed by atoms with E-state index in [-0.39, 0.29) is 18.4 Å². The average molecular weight is 459 g/mol. The van der Waals surface area contributed by atoms with Gasteiger partial charge in [0.25, 0.3) is 0 Å². The number of rotatable bonds is 9. The van der Waals surface area contributed by atoms with Crippen molar-refractivity contribution in [2.75, 3.05) is 51.2 Å². The Morgan fingerprint density at radius 2 is 1.69 bits per heavy atom. The first-order valence-corrected chi connectivity index (χ1v) is 11.3. The number of ether oxygens (including phenoxy) is 1. The normalized spacial score (nSPS) is 14.7. The molecule has 0 atom stereocenters. The third kappa shape index (κ3) is 7.22. The smallest absolute Gasteiger partial charge is 0.243 e. The molecule has 0 unspecified atom stereocenters. The lowest BCUT2D eigenvalue weighted by molar-refractivity contribution is -0.125. The summed E-state index contributed by atoms with van der Waals surface area (Å²) in [6.45, 7) is 9.02. The lowest BCUT2D eigenvalue weighted by atomic mass is 10.2. The van der Waals surface area contributed by atoms with Gasteiger partial charge in [0.1, 0.15) is 5.75 Å². The van der Waals surface area contributed by atoms with Crippen LogP contribution < -0.4 is 15.4 Å². The van der Waals surface area contributed by atoms with Crippen LogP contribution in [0.3, 0.4) is 0 Å². The van der Waals surface area contributed by atoms with Gasteiger partial charge in [-0.3, -0.25) is 19.4 Å². The van der Waals surface area contributed by atoms with Crippen molar-refractivity contribution < 1.29 is 14.3 Å². The van der Waals surface area contributed by atoms with Crippen LogP contribution in [0.1, 0.15) is 18.1 Å². The van der Waals surface area contributed by atoms with Crippen molar-refractivity contribution >= 4 is 29.1 Å². The van der Waals surface area contributed by atoms with Crippen LogP contribution in [0.15, 0.2) is 42.5 Å². The van der Waals surface area contributed by atoms with Gasteiger partial charge in [-0.25, -0.2) is 0 Å². The van der Waals surface area contributed by atoms with Crippen LogP contribution in [0.4, 0.5) is 5.69 Å². The number of nitrogens with one attached hydrogen (secondary N) is 2. The first-order chi connectivity index (χ1) is 15.4. The first kappa shape index (κ1) is 24.0. The zero-order valence-corrected chi connectivity index (χ0v) is 19.5. The quantitative estimate of drug-likeness (QED) is 0.604. The standard InChI is InChI=1S/C24H31ClN4O3/c1-3-32-20-9-7-19(8-10-20)16-28-11-13-29(14-12-28)17-24(31)26-15-23(30)27-22-6-4-5-21(25)18(22)2/h4-10H,3,11-17H2,1-2H3,(H,26,31)(H,27,30). The van der Waals surface area contributed by atoms with E-state index in [1.165, 1.54) is 5.56 Å². The van der Waals surface area contributed by atoms with Crippen molar-refractivity contribution in [2.24, 2.45) is 0 Å². The van der Waals surface area contributed by atoms with Gasteiger partial charge in [-0.1, -0.05) is 29.8 Å². The zero-order chi connectivity index (χ0) is 22.9. The number of hydrogen-bond donors (Lipinski definition) is 2. The molecule has 0 spiro atoms. The van der Waals surface area contributed by atoms with Crippen molar-refractivity contribution in [1.82, 2.24) is 15.1 Å². The van der Waals surface area contributed by atoms with E-state index in [0.29, 0.717) is 23.9 Å². The zero-order valence-electron chi connectivity index (χ0n) is 18.7. The van der Waals surface area contributed by atoms with Crippen LogP contribution in [0, 0.1) is 6.92 Å². The minimum Gasteiger partial charge on any atom is -0.494 e. The van der Waals surface area contributed by atoms with Gasteiger partial charge in [0.2, 0.25) is 11.8 Å². The summed E-state index contributed by atoms with van der Waals surface area (Å²) in [5.74, 6) is 0.468. The summed E-state index contributed by atoms with van der Waals surface area (Å²) in [5.41, 5.74) is 2.71. The molecule has 1 saturated heterocycles. The van der Waals surface area contributed by atoms with Gasteiger partial charge in [0.05, 0.1) is 19.7 Å². The second-order valence-electron chi connectivity index (χ2n) is 7.87. The van der Waals surface area contributed by atoms with E-state index < -0.39 is 0 Å². The molecule has 0 aromatic heterocycles. The number of carbonyl (C=O) groups excluding carboxylic acids is 2. The molecular weight excluding hydrogens is 428 g/mol. The van der Waals surface area contributed by atoms with Crippen LogP contribution in [0.5, 0.6) is 5.75 Å². The van der Waals surface area contributed by atoms with Crippen LogP contribution in [0.2, 0.25) is 5.02 Å². The molecule has 2 amide bonds. The highest BCUT2D eigenvalue weighted by Gasteiger charge is 2.19. The van der Waals surface area contributed by atoms with Gasteiger partial charge >= 0.3 is 0 Å². The number of nitrogens with zero attached hydrogens (tertiary/aromatic N) is 2. The third-order valence-electron chi connectivity index (χ3n) is 5.46. The molecule has 0 saturated carbocycles. The van der Waals surface area contributed by atoms with Crippen molar-refractivity contribution in [2.45, 2.75) is 20.4 Å². The predicted molar refractivity (Wildman–Crippen MR) is 127 cm³/mol. The summed E-state index contributed by atoms with van der Waals surface area (Å²) in [7, 11) is 0. The molecule has 1 fully saturated rings. The molecule has 1 aliphatic heterocycles. The fourth-order valence-corrected chi connectivity index (χ4v) is 3.77. The van der Waals surface area contributed by atoms with Crippen LogP contribution in [-0.4, -0.2) is 67.5 Å². The molecule has 0 aliphatic carbocycles. The maximum atomic E-state index is 12.3. The van der Waals surface area contributed by atoms with Gasteiger partial charge in [-0.15, -0.1) is 0 Å². The summed E-state index contributed by atoms with van der Waals surface area (Å²) in [5, 5.41) is 6.07. The fraction of sp³-hybridized carbons (Fsp3) is 0.417. The molecule has 2 aromatic carbocycles. The Labute approximate surface area is 194 Å². The summed E-state index contributed by atoms with van der Waals surface area (Å²) in [6.07, 6.45) is 0. The highest BCUT2D eigenvalue weighted by atomic mass is 35.5. The molecule has 3 rings (SSSR count). The number of halogens is 1. The van der Waals surface area contributed by atoms with E-state index in [2.05, 4.69) is 32.6 Å². The van der Waals surface area contributed by atoms with Gasteiger partial charge < -0.3 is 15.4 Å². The topological polar surface area (TPSA) is 73.9 Å². The molecule has 2 N–H and O–H groups in total. The monoisotopic (exact) mass is 458 g/mol. The van der Waals surface area contributed by atoms with E-state index >= 15 is 0 Å². The largest absolute Gasteiger partial charge is 0.494 e. The number of anilines is 1. The lowest BCUT2D eigenvalue weighted by Crippen LogP contribution is -2.49. The van der Waals surface area contributed by atoms with Crippen molar-refractivity contribution in [3.63, 3.8) is 0 Å². The lowest BCUT2D eigenvalue weighted by Gasteiger charge is -2.34. The summed E-state index contributed by atoms with van der Waals surface area (Å²) in [6, 6.07) is 13.5. The molecule has 8 heteroatoms. The maximum absolute atomic E-state index is 12.3. The van der Waals surface area contributed by atoms with Crippen molar-refractivity contribution in [3.05, 3.63) is 58.6 Å². The number of hydrogen-bond acceptors (Lipinski definition) is 5. The average Bonchev–Trinajstić information content (AvgIpc) is 2.78. The third-order valence-corrected chi connectivity index (χ3v) is 5.87. The number of amides is 2. The van der Waals surface area contributed by atoms with E-state index in [4.69, 9.17) is 16.3 Å². The van der Waals surface area contributed by atoms with Crippen molar-refractivity contribution in [1.29, 1.82) is 0 Å². The van der Waals surface area contributed by atoms with Gasteiger partial charge in [-0.05, 0) is 49.2 Å². The Bertz CT molecular complexity index is 912. The predicted octanol–water partition coefficient (Wildman–Crippen LogP) is 2.92. The molecular formula is C24H31ClN4O3. The molecule has 7 nitrogen and oxygen atoms in total. The molecule has 1 aliphatic rings. The van der Waals surface area contributed by atoms with Gasteiger partial charge in [0, 0.05) is 43.4 Å². The van der Waals surface area contributed by atoms with Crippen LogP contribution in [-0.2, 0) is 16.1 Å². The Morgan fingerprint density at radius 1 is 1.00 bits per heavy atom. The molecule has 0 radical (unpaired) electrons. The first-order valence-electron chi connectivity index (χ1n) is 10.9. The molecule has 172 valence electrons. The van der Waals surface area contributed by atoms with Gasteiger partial charge in [0.15, 0.2) is 0 Å². The van der Waals surface area contributed by atoms with E-state index in [1.807, 2.05) is 26.0 Å². The maximum Gasteiger partial charge on any atom is 0.243 e.